The summed E-state index contributed by atoms with van der Waals surface area (Å²) in [4.78, 5) is 0. The fraction of sp³-hybridized carbons (Fsp3) is 0.400. The summed E-state index contributed by atoms with van der Waals surface area (Å²) in [6.07, 6.45) is -2.05. The van der Waals surface area contributed by atoms with Gasteiger partial charge in [0.1, 0.15) is 24.4 Å². The second-order valence-electron chi connectivity index (χ2n) is 9.67. The fourth-order valence-corrected chi connectivity index (χ4v) is 4.64. The van der Waals surface area contributed by atoms with Crippen molar-refractivity contribution in [1.82, 2.24) is 0 Å². The van der Waals surface area contributed by atoms with E-state index in [-0.39, 0.29) is 18.3 Å². The van der Waals surface area contributed by atoms with Crippen molar-refractivity contribution >= 4 is 0 Å². The number of ether oxygens (including phenoxy) is 6. The molecule has 0 aliphatic carbocycles. The molecule has 6 nitrogen and oxygen atoms in total. The van der Waals surface area contributed by atoms with Crippen LogP contribution >= 0.6 is 0 Å². The lowest BCUT2D eigenvalue weighted by Gasteiger charge is -2.31. The van der Waals surface area contributed by atoms with E-state index in [1.165, 1.54) is 0 Å². The van der Waals surface area contributed by atoms with E-state index in [1.54, 1.807) is 0 Å². The Morgan fingerprint density at radius 3 is 1.89 bits per heavy atom. The number of fused-ring (bicyclic) bond motifs is 1. The van der Waals surface area contributed by atoms with Gasteiger partial charge in [-0.1, -0.05) is 91.0 Å². The minimum atomic E-state index is -0.737. The first-order valence-corrected chi connectivity index (χ1v) is 12.5. The Balaban J connectivity index is 1.32. The normalized spacial score (nSPS) is 25.5. The Kier molecular flexibility index (Phi) is 8.12. The summed E-state index contributed by atoms with van der Waals surface area (Å²) in [5.74, 6) is -0.737. The van der Waals surface area contributed by atoms with Crippen LogP contribution in [0.2, 0.25) is 0 Å². The molecule has 3 aromatic rings. The third-order valence-electron chi connectivity index (χ3n) is 6.38. The smallest absolute Gasteiger partial charge is 0.190 e. The molecule has 0 spiro atoms. The van der Waals surface area contributed by atoms with E-state index in [1.807, 2.05) is 105 Å². The zero-order valence-electron chi connectivity index (χ0n) is 20.8. The van der Waals surface area contributed by atoms with E-state index in [2.05, 4.69) is 0 Å². The van der Waals surface area contributed by atoms with E-state index in [0.717, 1.165) is 16.7 Å². The number of benzene rings is 3. The molecular formula is C30H34O6. The lowest BCUT2D eigenvalue weighted by molar-refractivity contribution is -0.238. The lowest BCUT2D eigenvalue weighted by atomic mass is 10.1. The molecule has 0 N–H and O–H groups in total. The highest BCUT2D eigenvalue weighted by Crippen LogP contribution is 2.40. The van der Waals surface area contributed by atoms with Gasteiger partial charge in [-0.2, -0.15) is 0 Å². The minimum Gasteiger partial charge on any atom is -0.374 e. The molecule has 6 heteroatoms. The molecule has 5 unspecified atom stereocenters. The van der Waals surface area contributed by atoms with Crippen molar-refractivity contribution in [2.45, 2.75) is 70.2 Å². The highest BCUT2D eigenvalue weighted by atomic mass is 16.8. The predicted molar refractivity (Wildman–Crippen MR) is 135 cm³/mol. The average Bonchev–Trinajstić information content (AvgIpc) is 3.38. The van der Waals surface area contributed by atoms with Crippen molar-refractivity contribution in [3.63, 3.8) is 0 Å². The van der Waals surface area contributed by atoms with E-state index in [9.17, 15) is 0 Å². The first-order chi connectivity index (χ1) is 17.6. The van der Waals surface area contributed by atoms with Gasteiger partial charge in [-0.3, -0.25) is 0 Å². The first kappa shape index (κ1) is 25.1. The molecule has 0 saturated carbocycles. The molecule has 36 heavy (non-hydrogen) atoms. The van der Waals surface area contributed by atoms with Gasteiger partial charge in [-0.05, 0) is 30.5 Å². The van der Waals surface area contributed by atoms with E-state index < -0.39 is 18.2 Å². The Morgan fingerprint density at radius 2 is 1.28 bits per heavy atom. The minimum absolute atomic E-state index is 0.348. The van der Waals surface area contributed by atoms with Gasteiger partial charge in [0.2, 0.25) is 0 Å². The predicted octanol–water partition coefficient (Wildman–Crippen LogP) is 5.25. The van der Waals surface area contributed by atoms with Gasteiger partial charge in [0, 0.05) is 0 Å². The molecule has 3 aromatic carbocycles. The van der Waals surface area contributed by atoms with Crippen LogP contribution in [0.15, 0.2) is 91.0 Å². The topological polar surface area (TPSA) is 55.4 Å². The summed E-state index contributed by atoms with van der Waals surface area (Å²) < 4.78 is 37.6. The molecule has 2 saturated heterocycles. The molecule has 190 valence electrons. The zero-order chi connectivity index (χ0) is 24.8. The molecule has 5 rings (SSSR count). The van der Waals surface area contributed by atoms with Crippen molar-refractivity contribution < 1.29 is 28.4 Å². The Morgan fingerprint density at radius 1 is 0.722 bits per heavy atom. The summed E-state index contributed by atoms with van der Waals surface area (Å²) in [6.45, 7) is 5.50. The first-order valence-electron chi connectivity index (χ1n) is 12.5. The maximum Gasteiger partial charge on any atom is 0.190 e. The van der Waals surface area contributed by atoms with Crippen LogP contribution in [-0.4, -0.2) is 43.1 Å². The van der Waals surface area contributed by atoms with Crippen LogP contribution in [0.5, 0.6) is 0 Å². The second-order valence-corrected chi connectivity index (χ2v) is 9.67. The van der Waals surface area contributed by atoms with Gasteiger partial charge < -0.3 is 28.4 Å². The van der Waals surface area contributed by atoms with E-state index in [4.69, 9.17) is 28.4 Å². The molecule has 0 bridgehead atoms. The average molecular weight is 491 g/mol. The van der Waals surface area contributed by atoms with Crippen LogP contribution in [0, 0.1) is 0 Å². The molecule has 2 fully saturated rings. The van der Waals surface area contributed by atoms with E-state index >= 15 is 0 Å². The van der Waals surface area contributed by atoms with Crippen LogP contribution < -0.4 is 0 Å². The molecule has 0 amide bonds. The van der Waals surface area contributed by atoms with Gasteiger partial charge in [-0.15, -0.1) is 0 Å². The molecule has 2 heterocycles. The molecule has 0 aromatic heterocycles. The highest BCUT2D eigenvalue weighted by molar-refractivity contribution is 5.15. The standard InChI is InChI=1S/C30H34O6/c1-30(2)35-28-27(33-20-24-16-10-5-11-17-24)26(34-29(28)36-30)25(32-19-23-14-8-4-9-15-23)21-31-18-22-12-6-3-7-13-22/h3-17,25-29H,18-21H2,1-2H3. The summed E-state index contributed by atoms with van der Waals surface area (Å²) in [5.41, 5.74) is 3.27. The molecular weight excluding hydrogens is 456 g/mol. The zero-order valence-corrected chi connectivity index (χ0v) is 20.8. The quantitative estimate of drug-likeness (QED) is 0.366. The number of hydrogen-bond donors (Lipinski definition) is 0. The van der Waals surface area contributed by atoms with Crippen molar-refractivity contribution in [3.05, 3.63) is 108 Å². The lowest BCUT2D eigenvalue weighted by Crippen LogP contribution is -2.45. The third kappa shape index (κ3) is 6.40. The third-order valence-corrected chi connectivity index (χ3v) is 6.38. The van der Waals surface area contributed by atoms with Gasteiger partial charge in [0.15, 0.2) is 12.1 Å². The van der Waals surface area contributed by atoms with Crippen molar-refractivity contribution in [3.8, 4) is 0 Å². The van der Waals surface area contributed by atoms with Crippen LogP contribution in [0.3, 0.4) is 0 Å². The van der Waals surface area contributed by atoms with Gasteiger partial charge in [-0.25, -0.2) is 0 Å². The fourth-order valence-electron chi connectivity index (χ4n) is 4.64. The van der Waals surface area contributed by atoms with Crippen molar-refractivity contribution in [2.24, 2.45) is 0 Å². The van der Waals surface area contributed by atoms with Gasteiger partial charge >= 0.3 is 0 Å². The maximum absolute atomic E-state index is 6.44. The summed E-state index contributed by atoms with van der Waals surface area (Å²) in [6, 6.07) is 30.3. The van der Waals surface area contributed by atoms with Crippen molar-refractivity contribution in [2.75, 3.05) is 6.61 Å². The van der Waals surface area contributed by atoms with Crippen LogP contribution in [-0.2, 0) is 48.2 Å². The Bertz CT molecular complexity index is 1060. The highest BCUT2D eigenvalue weighted by Gasteiger charge is 2.57. The van der Waals surface area contributed by atoms with Crippen LogP contribution in [0.1, 0.15) is 30.5 Å². The molecule has 5 atom stereocenters. The van der Waals surface area contributed by atoms with Crippen LogP contribution in [0.4, 0.5) is 0 Å². The molecule has 2 aliphatic rings. The monoisotopic (exact) mass is 490 g/mol. The summed E-state index contributed by atoms with van der Waals surface area (Å²) >= 11 is 0. The second kappa shape index (κ2) is 11.6. The maximum atomic E-state index is 6.44. The summed E-state index contributed by atoms with van der Waals surface area (Å²) in [7, 11) is 0. The SMILES string of the molecule is CC1(C)OC2OC(C(COCc3ccccc3)OCc3ccccc3)C(OCc3ccccc3)C2O1. The molecule has 2 aliphatic heterocycles. The number of hydrogen-bond acceptors (Lipinski definition) is 6. The van der Waals surface area contributed by atoms with E-state index in [0.29, 0.717) is 26.4 Å². The molecule has 0 radical (unpaired) electrons. The van der Waals surface area contributed by atoms with Crippen molar-refractivity contribution in [1.29, 1.82) is 0 Å². The summed E-state index contributed by atoms with van der Waals surface area (Å²) in [5, 5.41) is 0. The van der Waals surface area contributed by atoms with Gasteiger partial charge in [0.25, 0.3) is 0 Å². The Labute approximate surface area is 213 Å². The van der Waals surface area contributed by atoms with Crippen LogP contribution in [0.25, 0.3) is 0 Å². The largest absolute Gasteiger partial charge is 0.374 e. The number of rotatable bonds is 11. The van der Waals surface area contributed by atoms with Gasteiger partial charge in [0.05, 0.1) is 26.4 Å². The Hall–Kier alpha value is -2.58.